The molecule has 1 heterocycles. The zero-order valence-electron chi connectivity index (χ0n) is 10.2. The molecule has 82 valence electrons. The minimum absolute atomic E-state index is 0.270. The number of hydrogen-bond donors (Lipinski definition) is 0. The van der Waals surface area contributed by atoms with Gasteiger partial charge in [-0.05, 0) is 23.1 Å². The number of benzene rings is 1. The standard InChI is InChI=1S/C14H21N/c1-5-15-10-13(15)11-6-8-12(9-7-11)14(2,3)4/h6-9,13H,5,10H2,1-4H3. The van der Waals surface area contributed by atoms with Gasteiger partial charge >= 0.3 is 0 Å². The van der Waals surface area contributed by atoms with Crippen LogP contribution in [0.3, 0.4) is 0 Å². The van der Waals surface area contributed by atoms with Crippen LogP contribution in [0, 0.1) is 0 Å². The molecule has 0 aromatic heterocycles. The highest BCUT2D eigenvalue weighted by Crippen LogP contribution is 2.34. The van der Waals surface area contributed by atoms with E-state index in [0.717, 1.165) is 0 Å². The Morgan fingerprint density at radius 3 is 2.20 bits per heavy atom. The van der Waals surface area contributed by atoms with Crippen molar-refractivity contribution in [3.05, 3.63) is 35.4 Å². The molecule has 0 spiro atoms. The molecular weight excluding hydrogens is 182 g/mol. The molecular formula is C14H21N. The molecule has 0 radical (unpaired) electrons. The van der Waals surface area contributed by atoms with Crippen LogP contribution >= 0.6 is 0 Å². The lowest BCUT2D eigenvalue weighted by atomic mass is 9.86. The highest BCUT2D eigenvalue weighted by Gasteiger charge is 2.33. The molecule has 2 atom stereocenters. The van der Waals surface area contributed by atoms with Gasteiger partial charge in [0.1, 0.15) is 0 Å². The average molecular weight is 203 g/mol. The molecule has 0 aliphatic carbocycles. The first kappa shape index (κ1) is 10.7. The van der Waals surface area contributed by atoms with Crippen LogP contribution in [-0.4, -0.2) is 18.0 Å². The third-order valence-corrected chi connectivity index (χ3v) is 3.28. The second-order valence-corrected chi connectivity index (χ2v) is 5.48. The Morgan fingerprint density at radius 1 is 1.20 bits per heavy atom. The lowest BCUT2D eigenvalue weighted by molar-refractivity contribution is 0.543. The quantitative estimate of drug-likeness (QED) is 0.666. The first-order valence-corrected chi connectivity index (χ1v) is 5.87. The summed E-state index contributed by atoms with van der Waals surface area (Å²) in [5, 5.41) is 0. The Balaban J connectivity index is 2.12. The van der Waals surface area contributed by atoms with E-state index < -0.39 is 0 Å². The van der Waals surface area contributed by atoms with Crippen LogP contribution in [0.2, 0.25) is 0 Å². The smallest absolute Gasteiger partial charge is 0.0476 e. The summed E-state index contributed by atoms with van der Waals surface area (Å²) in [4.78, 5) is 2.48. The maximum Gasteiger partial charge on any atom is 0.0476 e. The SMILES string of the molecule is CCN1CC1c1ccc(C(C)(C)C)cc1. The van der Waals surface area contributed by atoms with Crippen molar-refractivity contribution in [1.82, 2.24) is 4.90 Å². The summed E-state index contributed by atoms with van der Waals surface area (Å²) in [5.74, 6) is 0. The molecule has 0 bridgehead atoms. The molecule has 1 nitrogen and oxygen atoms in total. The van der Waals surface area contributed by atoms with Gasteiger partial charge in [-0.2, -0.15) is 0 Å². The molecule has 2 unspecified atom stereocenters. The molecule has 0 N–H and O–H groups in total. The van der Waals surface area contributed by atoms with Crippen LogP contribution in [0.25, 0.3) is 0 Å². The molecule has 15 heavy (non-hydrogen) atoms. The normalized spacial score (nSPS) is 25.3. The maximum absolute atomic E-state index is 2.48. The molecule has 0 saturated carbocycles. The topological polar surface area (TPSA) is 3.01 Å². The minimum atomic E-state index is 0.270. The molecule has 1 aromatic carbocycles. The van der Waals surface area contributed by atoms with Gasteiger partial charge in [-0.1, -0.05) is 52.0 Å². The molecule has 1 saturated heterocycles. The molecule has 1 aliphatic heterocycles. The summed E-state index contributed by atoms with van der Waals surface area (Å²) in [6.07, 6.45) is 0. The van der Waals surface area contributed by atoms with Crippen molar-refractivity contribution in [2.75, 3.05) is 13.1 Å². The van der Waals surface area contributed by atoms with E-state index in [1.54, 1.807) is 0 Å². The first-order chi connectivity index (χ1) is 7.02. The number of rotatable bonds is 2. The molecule has 2 rings (SSSR count). The van der Waals surface area contributed by atoms with E-state index in [2.05, 4.69) is 56.9 Å². The van der Waals surface area contributed by atoms with Gasteiger partial charge in [-0.25, -0.2) is 0 Å². The van der Waals surface area contributed by atoms with E-state index in [-0.39, 0.29) is 5.41 Å². The van der Waals surface area contributed by atoms with E-state index in [4.69, 9.17) is 0 Å². The summed E-state index contributed by atoms with van der Waals surface area (Å²) >= 11 is 0. The zero-order valence-corrected chi connectivity index (χ0v) is 10.2. The molecule has 1 fully saturated rings. The van der Waals surface area contributed by atoms with Crippen molar-refractivity contribution in [3.63, 3.8) is 0 Å². The van der Waals surface area contributed by atoms with Crippen molar-refractivity contribution in [3.8, 4) is 0 Å². The number of hydrogen-bond acceptors (Lipinski definition) is 1. The third kappa shape index (κ3) is 2.23. The second-order valence-electron chi connectivity index (χ2n) is 5.48. The van der Waals surface area contributed by atoms with Crippen LogP contribution in [0.4, 0.5) is 0 Å². The van der Waals surface area contributed by atoms with Gasteiger partial charge in [0.25, 0.3) is 0 Å². The Hall–Kier alpha value is -0.820. The van der Waals surface area contributed by atoms with Gasteiger partial charge in [0.05, 0.1) is 0 Å². The van der Waals surface area contributed by atoms with Crippen molar-refractivity contribution in [1.29, 1.82) is 0 Å². The Bertz CT molecular complexity index is 331. The minimum Gasteiger partial charge on any atom is -0.293 e. The van der Waals surface area contributed by atoms with Gasteiger partial charge in [0.15, 0.2) is 0 Å². The van der Waals surface area contributed by atoms with Crippen molar-refractivity contribution in [2.24, 2.45) is 0 Å². The van der Waals surface area contributed by atoms with Gasteiger partial charge in [0.2, 0.25) is 0 Å². The maximum atomic E-state index is 2.48. The van der Waals surface area contributed by atoms with Gasteiger partial charge in [0, 0.05) is 12.6 Å². The number of nitrogens with zero attached hydrogens (tertiary/aromatic N) is 1. The molecule has 1 aromatic rings. The van der Waals surface area contributed by atoms with Crippen LogP contribution in [0.1, 0.15) is 44.9 Å². The van der Waals surface area contributed by atoms with Crippen molar-refractivity contribution < 1.29 is 0 Å². The monoisotopic (exact) mass is 203 g/mol. The average Bonchev–Trinajstić information content (AvgIpc) is 2.95. The second kappa shape index (κ2) is 3.64. The lowest BCUT2D eigenvalue weighted by Crippen LogP contribution is -2.10. The Kier molecular flexibility index (Phi) is 2.59. The third-order valence-electron chi connectivity index (χ3n) is 3.28. The highest BCUT2D eigenvalue weighted by molar-refractivity contribution is 5.31. The Morgan fingerprint density at radius 2 is 1.80 bits per heavy atom. The largest absolute Gasteiger partial charge is 0.293 e. The van der Waals surface area contributed by atoms with E-state index in [1.807, 2.05) is 0 Å². The van der Waals surface area contributed by atoms with Crippen LogP contribution in [0.15, 0.2) is 24.3 Å². The lowest BCUT2D eigenvalue weighted by Gasteiger charge is -2.19. The van der Waals surface area contributed by atoms with Crippen molar-refractivity contribution in [2.45, 2.75) is 39.2 Å². The van der Waals surface area contributed by atoms with Gasteiger partial charge in [-0.15, -0.1) is 0 Å². The predicted molar refractivity (Wildman–Crippen MR) is 65.1 cm³/mol. The zero-order chi connectivity index (χ0) is 11.1. The fourth-order valence-corrected chi connectivity index (χ4v) is 2.05. The Labute approximate surface area is 93.1 Å². The van der Waals surface area contributed by atoms with E-state index in [1.165, 1.54) is 24.2 Å². The van der Waals surface area contributed by atoms with E-state index in [9.17, 15) is 0 Å². The molecule has 1 aliphatic rings. The van der Waals surface area contributed by atoms with Crippen molar-refractivity contribution >= 4 is 0 Å². The van der Waals surface area contributed by atoms with E-state index in [0.29, 0.717) is 6.04 Å². The first-order valence-electron chi connectivity index (χ1n) is 5.87. The predicted octanol–water partition coefficient (Wildman–Crippen LogP) is 3.36. The summed E-state index contributed by atoms with van der Waals surface area (Å²) in [6.45, 7) is 11.4. The fourth-order valence-electron chi connectivity index (χ4n) is 2.05. The van der Waals surface area contributed by atoms with Gasteiger partial charge in [-0.3, -0.25) is 4.90 Å². The number of likely N-dealkylation sites (N-methyl/N-ethyl adjacent to an activating group) is 1. The molecule has 1 heteroatoms. The molecule has 0 amide bonds. The highest BCUT2D eigenvalue weighted by atomic mass is 15.3. The summed E-state index contributed by atoms with van der Waals surface area (Å²) in [6, 6.07) is 9.84. The summed E-state index contributed by atoms with van der Waals surface area (Å²) in [5.41, 5.74) is 3.17. The van der Waals surface area contributed by atoms with Crippen LogP contribution in [-0.2, 0) is 5.41 Å². The summed E-state index contributed by atoms with van der Waals surface area (Å²) < 4.78 is 0. The van der Waals surface area contributed by atoms with Crippen LogP contribution < -0.4 is 0 Å². The van der Waals surface area contributed by atoms with E-state index >= 15 is 0 Å². The van der Waals surface area contributed by atoms with Crippen LogP contribution in [0.5, 0.6) is 0 Å². The van der Waals surface area contributed by atoms with Gasteiger partial charge < -0.3 is 0 Å². The fraction of sp³-hybridized carbons (Fsp3) is 0.571. The summed E-state index contributed by atoms with van der Waals surface area (Å²) in [7, 11) is 0.